The lowest BCUT2D eigenvalue weighted by Crippen LogP contribution is -2.28. The fraction of sp³-hybridized carbons (Fsp3) is 1.00. The summed E-state index contributed by atoms with van der Waals surface area (Å²) in [5, 5.41) is 0. The molecule has 0 aromatic rings. The third-order valence-electron chi connectivity index (χ3n) is 32.6. The lowest BCUT2D eigenvalue weighted by molar-refractivity contribution is 0.116. The number of fused-ring (bicyclic) bond motifs is 13. The quantitative estimate of drug-likeness (QED) is 0.227. The van der Waals surface area contributed by atoms with Crippen molar-refractivity contribution in [1.29, 1.82) is 0 Å². The molecular weight excluding hydrogens is 1550 g/mol. The zero-order valence-corrected chi connectivity index (χ0v) is 87.1. The van der Waals surface area contributed by atoms with Crippen LogP contribution in [0.25, 0.3) is 0 Å². The molecule has 0 aliphatic heterocycles. The van der Waals surface area contributed by atoms with Crippen LogP contribution in [0.5, 0.6) is 0 Å². The highest BCUT2D eigenvalue weighted by atomic mass is 14.4. The van der Waals surface area contributed by atoms with Crippen LogP contribution in [0.3, 0.4) is 0 Å². The molecule has 4 atom stereocenters. The number of hydrogen-bond donors (Lipinski definition) is 0. The molecule has 18 aliphatic rings. The third kappa shape index (κ3) is 89.1. The average molecular weight is 1840 g/mol. The normalized spacial score (nSPS) is 25.9. The largest absolute Gasteiger partial charge is 0.0776 e. The molecule has 0 aromatic heterocycles. The molecule has 2 spiro atoms. The van der Waals surface area contributed by atoms with Crippen LogP contribution in [0.4, 0.5) is 0 Å². The molecule has 12 bridgehead atoms. The summed E-state index contributed by atoms with van der Waals surface area (Å²) in [5.74, 6) is 14.0. The minimum Gasteiger partial charge on any atom is -0.0776 e. The number of rotatable bonds is 0. The van der Waals surface area contributed by atoms with Crippen LogP contribution in [-0.2, 0) is 0 Å². The summed E-state index contributed by atoms with van der Waals surface area (Å²) in [4.78, 5) is 0. The van der Waals surface area contributed by atoms with Crippen molar-refractivity contribution in [2.45, 2.75) is 717 Å². The highest BCUT2D eigenvalue weighted by molar-refractivity contribution is 4.90. The molecule has 0 aromatic carbocycles. The first-order valence-corrected chi connectivity index (χ1v) is 53.5. The van der Waals surface area contributed by atoms with E-state index in [0.29, 0.717) is 43.3 Å². The van der Waals surface area contributed by atoms with Gasteiger partial charge in [-0.25, -0.2) is 0 Å². The first kappa shape index (κ1) is 160. The van der Waals surface area contributed by atoms with Crippen molar-refractivity contribution in [2.24, 2.45) is 125 Å². The lowest BCUT2D eigenvalue weighted by Gasteiger charge is -2.40. The van der Waals surface area contributed by atoms with Gasteiger partial charge in [0.15, 0.2) is 0 Å². The molecule has 4 unspecified atom stereocenters. The van der Waals surface area contributed by atoms with E-state index in [1.165, 1.54) is 171 Å². The first-order chi connectivity index (χ1) is 53.5. The van der Waals surface area contributed by atoms with E-state index in [-0.39, 0.29) is 104 Å². The Labute approximate surface area is 837 Å². The molecular formula is C129H286. The Hall–Kier alpha value is 0. The summed E-state index contributed by atoms with van der Waals surface area (Å²) in [6.45, 7) is 71.5. The molecule has 18 fully saturated rings. The molecule has 0 amide bonds. The second-order valence-electron chi connectivity index (χ2n) is 52.4. The smallest absolute Gasteiger partial charge is 0.0297 e. The van der Waals surface area contributed by atoms with Gasteiger partial charge in [0.2, 0.25) is 0 Å². The molecule has 18 rings (SSSR count). The second kappa shape index (κ2) is 83.8. The van der Waals surface area contributed by atoms with Gasteiger partial charge in [0, 0.05) is 0 Å². The SMILES string of the molecule is C.C.C.C.C.C.C.C.C.C.C.C.C.C.C1CC2CC(C1)C2.C1CC2CCC(C1)C2.C1CC2CCC(C1)C2.C1CC2CCC1C2.C1CC2CCC1CC2.C1CC2CCCC(C1)C2.C1CCC2(CC1)CCCC2.C1CCC2(CC1)CCCC2.CCC(C)(C)C.CCC(C)(C)C.CCC(C)(C)C.CCC(C)(C)C.CCC(C)(C)C.CCC(C)(C)C.CCC(C)(C)C.CCC(C)(C)C. The zero-order valence-electron chi connectivity index (χ0n) is 87.1. The van der Waals surface area contributed by atoms with Crippen molar-refractivity contribution in [3.05, 3.63) is 0 Å². The van der Waals surface area contributed by atoms with Crippen molar-refractivity contribution in [3.63, 3.8) is 0 Å². The van der Waals surface area contributed by atoms with E-state index in [1.807, 2.05) is 0 Å². The molecule has 18 aliphatic carbocycles. The Morgan fingerprint density at radius 1 is 0.132 bits per heavy atom. The maximum atomic E-state index is 2.24. The molecule has 0 nitrogen and oxygen atoms in total. The molecule has 802 valence electrons. The van der Waals surface area contributed by atoms with Crippen LogP contribution >= 0.6 is 0 Å². The Morgan fingerprint density at radius 3 is 0.318 bits per heavy atom. The van der Waals surface area contributed by atoms with Crippen molar-refractivity contribution < 1.29 is 0 Å². The van der Waals surface area contributed by atoms with Gasteiger partial charge in [0.1, 0.15) is 0 Å². The van der Waals surface area contributed by atoms with Crippen LogP contribution in [0.1, 0.15) is 717 Å². The van der Waals surface area contributed by atoms with Gasteiger partial charge in [-0.1, -0.05) is 627 Å². The third-order valence-corrected chi connectivity index (χ3v) is 32.6. The van der Waals surface area contributed by atoms with E-state index >= 15 is 0 Å². The number of hydrogen-bond acceptors (Lipinski definition) is 0. The second-order valence-corrected chi connectivity index (χ2v) is 52.4. The summed E-state index contributed by atoms with van der Waals surface area (Å²) in [6, 6.07) is 0. The standard InChI is InChI=1S/2C10H18.C9H16.3C8H14.2C7H12.8C6H14.14CH4/c2*1-2-6-10(7-3-1)8-4-5-9-10;1-3-8-5-2-6-9(4-1)7-8;1-2-8-5-3-7(1)4-6-8;2*1-2-7-4-5-8(3-1)6-7;1-2-7-4-3-6(1)5-7;1-2-6-4-7(3-1)5-6;8*1-5-6(2,3)4;;;;;;;;;;;;;;/h2*1-9H2;8-9H,1-7H2;3*7-8H,1-6H2;2*6-7H,1-5H2;8*5H2,1-4H3;14*1H4. The maximum absolute atomic E-state index is 2.24. The Balaban J connectivity index is -0.0000000908. The molecule has 0 saturated heterocycles. The molecule has 0 N–H and O–H groups in total. The monoisotopic (exact) mass is 1840 g/mol. The van der Waals surface area contributed by atoms with Gasteiger partial charge >= 0.3 is 0 Å². The molecule has 0 heterocycles. The van der Waals surface area contributed by atoms with E-state index in [4.69, 9.17) is 0 Å². The van der Waals surface area contributed by atoms with E-state index in [9.17, 15) is 0 Å². The minimum absolute atomic E-state index is 0. The first-order valence-electron chi connectivity index (χ1n) is 53.5. The van der Waals surface area contributed by atoms with Gasteiger partial charge in [-0.15, -0.1) is 0 Å². The van der Waals surface area contributed by atoms with Crippen LogP contribution in [-0.4, -0.2) is 0 Å². The van der Waals surface area contributed by atoms with E-state index in [2.05, 4.69) is 222 Å². The van der Waals surface area contributed by atoms with Gasteiger partial charge in [0.25, 0.3) is 0 Å². The highest BCUT2D eigenvalue weighted by Crippen LogP contribution is 2.51. The molecule has 0 radical (unpaired) electrons. The van der Waals surface area contributed by atoms with E-state index < -0.39 is 0 Å². The van der Waals surface area contributed by atoms with E-state index in [1.54, 1.807) is 244 Å². The summed E-state index contributed by atoms with van der Waals surface area (Å²) in [6.07, 6.45) is 92.5. The summed E-state index contributed by atoms with van der Waals surface area (Å²) in [5.41, 5.74) is 6.08. The topological polar surface area (TPSA) is 0 Å². The predicted octanol–water partition coefficient (Wildman–Crippen LogP) is 50.6. The van der Waals surface area contributed by atoms with Crippen molar-refractivity contribution in [3.8, 4) is 0 Å². The highest BCUT2D eigenvalue weighted by Gasteiger charge is 2.37. The van der Waals surface area contributed by atoms with Gasteiger partial charge < -0.3 is 0 Å². The summed E-state index contributed by atoms with van der Waals surface area (Å²) >= 11 is 0. The predicted molar refractivity (Wildman–Crippen MR) is 624 cm³/mol. The van der Waals surface area contributed by atoms with Gasteiger partial charge in [0.05, 0.1) is 0 Å². The van der Waals surface area contributed by atoms with Crippen molar-refractivity contribution in [1.82, 2.24) is 0 Å². The van der Waals surface area contributed by atoms with E-state index in [0.717, 1.165) is 58.2 Å². The molecule has 0 heteroatoms. The fourth-order valence-electron chi connectivity index (χ4n) is 19.8. The van der Waals surface area contributed by atoms with Crippen LogP contribution < -0.4 is 0 Å². The Bertz CT molecular complexity index is 1820. The maximum Gasteiger partial charge on any atom is -0.0297 e. The van der Waals surface area contributed by atoms with Gasteiger partial charge in [-0.3, -0.25) is 0 Å². The summed E-state index contributed by atoms with van der Waals surface area (Å²) < 4.78 is 0. The molecule has 18 saturated carbocycles. The Kier molecular flexibility index (Phi) is 104. The van der Waals surface area contributed by atoms with Gasteiger partial charge in [-0.05, 0) is 215 Å². The average Bonchev–Trinajstić information content (AvgIpc) is 1.75. The zero-order chi connectivity index (χ0) is 87.1. The Morgan fingerprint density at radius 2 is 0.225 bits per heavy atom. The lowest BCUT2D eigenvalue weighted by atomic mass is 9.65. The molecule has 129 heavy (non-hydrogen) atoms. The van der Waals surface area contributed by atoms with Crippen LogP contribution in [0.15, 0.2) is 0 Å². The fourth-order valence-corrected chi connectivity index (χ4v) is 19.8. The minimum atomic E-state index is 0. The van der Waals surface area contributed by atoms with Crippen LogP contribution in [0.2, 0.25) is 0 Å². The summed E-state index contributed by atoms with van der Waals surface area (Å²) in [7, 11) is 0. The van der Waals surface area contributed by atoms with Crippen molar-refractivity contribution >= 4 is 0 Å². The van der Waals surface area contributed by atoms with Crippen molar-refractivity contribution in [2.75, 3.05) is 0 Å². The van der Waals surface area contributed by atoms with Crippen LogP contribution in [0, 0.1) is 125 Å². The van der Waals surface area contributed by atoms with Gasteiger partial charge in [-0.2, -0.15) is 0 Å².